The number of nitrogens with zero attached hydrogens (tertiary/aromatic N) is 1. The number of rotatable bonds is 4. The van der Waals surface area contributed by atoms with Crippen LogP contribution in [0.25, 0.3) is 82.4 Å². The monoisotopic (exact) mass is 627 g/mol. The number of aromatic nitrogens is 1. The molecule has 0 fully saturated rings. The van der Waals surface area contributed by atoms with Crippen LogP contribution in [0, 0.1) is 27.7 Å². The van der Waals surface area contributed by atoms with E-state index in [-0.39, 0.29) is 0 Å². The molecule has 0 radical (unpaired) electrons. The van der Waals surface area contributed by atoms with Crippen molar-refractivity contribution in [1.29, 1.82) is 0 Å². The van der Waals surface area contributed by atoms with Crippen molar-refractivity contribution in [2.24, 2.45) is 0 Å². The molecule has 0 amide bonds. The van der Waals surface area contributed by atoms with E-state index in [0.29, 0.717) is 0 Å². The number of hydrogen-bond acceptors (Lipinski definition) is 0. The zero-order valence-electron chi connectivity index (χ0n) is 28.4. The van der Waals surface area contributed by atoms with Gasteiger partial charge in [-0.2, -0.15) is 0 Å². The first kappa shape index (κ1) is 29.2. The average molecular weight is 628 g/mol. The van der Waals surface area contributed by atoms with Gasteiger partial charge >= 0.3 is 0 Å². The second-order valence-corrected chi connectivity index (χ2v) is 13.8. The van der Waals surface area contributed by atoms with E-state index in [0.717, 1.165) is 0 Å². The minimum atomic E-state index is 1.18. The van der Waals surface area contributed by atoms with Crippen molar-refractivity contribution in [3.05, 3.63) is 174 Å². The Morgan fingerprint density at radius 2 is 0.796 bits per heavy atom. The van der Waals surface area contributed by atoms with E-state index in [2.05, 4.69) is 184 Å². The van der Waals surface area contributed by atoms with Crippen LogP contribution >= 0.6 is 0 Å². The highest BCUT2D eigenvalue weighted by atomic mass is 15.0. The quantitative estimate of drug-likeness (QED) is 0.171. The number of benzene rings is 8. The molecule has 0 atom stereocenters. The number of hydrogen-bond donors (Lipinski definition) is 0. The molecule has 1 nitrogen and oxygen atoms in total. The maximum Gasteiger partial charge on any atom is 0.0541 e. The Hall–Kier alpha value is -5.92. The Balaban J connectivity index is 1.29. The van der Waals surface area contributed by atoms with Gasteiger partial charge < -0.3 is 4.57 Å². The van der Waals surface area contributed by atoms with Crippen LogP contribution in [0.1, 0.15) is 22.3 Å². The first-order chi connectivity index (χ1) is 23.9. The van der Waals surface area contributed by atoms with Gasteiger partial charge in [0.15, 0.2) is 0 Å². The van der Waals surface area contributed by atoms with E-state index in [1.165, 1.54) is 105 Å². The van der Waals surface area contributed by atoms with Gasteiger partial charge in [0.05, 0.1) is 16.7 Å². The van der Waals surface area contributed by atoms with Crippen molar-refractivity contribution in [2.75, 3.05) is 0 Å². The molecule has 0 aliphatic rings. The molecule has 0 bridgehead atoms. The lowest BCUT2D eigenvalue weighted by atomic mass is 9.97. The fourth-order valence-corrected chi connectivity index (χ4v) is 7.94. The minimum Gasteiger partial charge on any atom is -0.309 e. The molecule has 0 aliphatic carbocycles. The molecule has 1 heteroatoms. The third kappa shape index (κ3) is 5.10. The molecular formula is C48H37N. The van der Waals surface area contributed by atoms with Crippen LogP contribution in [0.2, 0.25) is 0 Å². The van der Waals surface area contributed by atoms with Crippen LogP contribution in [0.3, 0.4) is 0 Å². The fraction of sp³-hybridized carbons (Fsp3) is 0.0833. The summed E-state index contributed by atoms with van der Waals surface area (Å²) < 4.78 is 2.47. The summed E-state index contributed by atoms with van der Waals surface area (Å²) in [6.07, 6.45) is 0. The van der Waals surface area contributed by atoms with E-state index in [1.54, 1.807) is 0 Å². The predicted molar refractivity (Wildman–Crippen MR) is 211 cm³/mol. The summed E-state index contributed by atoms with van der Waals surface area (Å²) in [5, 5.41) is 7.57. The summed E-state index contributed by atoms with van der Waals surface area (Å²) in [7, 11) is 0. The Morgan fingerprint density at radius 3 is 1.37 bits per heavy atom. The normalized spacial score (nSPS) is 11.7. The van der Waals surface area contributed by atoms with Crippen molar-refractivity contribution >= 4 is 43.4 Å². The molecule has 0 unspecified atom stereocenters. The van der Waals surface area contributed by atoms with Gasteiger partial charge in [-0.1, -0.05) is 125 Å². The van der Waals surface area contributed by atoms with Crippen LogP contribution in [-0.4, -0.2) is 4.57 Å². The zero-order valence-corrected chi connectivity index (χ0v) is 28.4. The molecule has 8 aromatic carbocycles. The number of para-hydroxylation sites is 1. The summed E-state index contributed by atoms with van der Waals surface area (Å²) in [5.74, 6) is 0. The summed E-state index contributed by atoms with van der Waals surface area (Å²) in [6, 6.07) is 56.7. The smallest absolute Gasteiger partial charge is 0.0541 e. The van der Waals surface area contributed by atoms with E-state index < -0.39 is 0 Å². The highest BCUT2D eigenvalue weighted by molar-refractivity contribution is 6.12. The lowest BCUT2D eigenvalue weighted by Gasteiger charge is -2.15. The highest BCUT2D eigenvalue weighted by Gasteiger charge is 2.18. The molecule has 0 saturated carbocycles. The third-order valence-electron chi connectivity index (χ3n) is 10.0. The molecule has 0 N–H and O–H groups in total. The second-order valence-electron chi connectivity index (χ2n) is 13.8. The van der Waals surface area contributed by atoms with Crippen LogP contribution in [-0.2, 0) is 0 Å². The van der Waals surface area contributed by atoms with Gasteiger partial charge in [-0.25, -0.2) is 0 Å². The van der Waals surface area contributed by atoms with Gasteiger partial charge in [-0.3, -0.25) is 0 Å². The molecular weight excluding hydrogens is 591 g/mol. The van der Waals surface area contributed by atoms with Crippen molar-refractivity contribution in [1.82, 2.24) is 4.57 Å². The molecule has 1 aromatic heterocycles. The molecule has 9 aromatic rings. The minimum absolute atomic E-state index is 1.18. The van der Waals surface area contributed by atoms with Gasteiger partial charge in [0.1, 0.15) is 0 Å². The van der Waals surface area contributed by atoms with E-state index in [4.69, 9.17) is 0 Å². The van der Waals surface area contributed by atoms with E-state index >= 15 is 0 Å². The van der Waals surface area contributed by atoms with Crippen LogP contribution in [0.5, 0.6) is 0 Å². The van der Waals surface area contributed by atoms with E-state index in [1.807, 2.05) is 0 Å². The third-order valence-corrected chi connectivity index (χ3v) is 10.0. The molecule has 0 aliphatic heterocycles. The fourth-order valence-electron chi connectivity index (χ4n) is 7.94. The van der Waals surface area contributed by atoms with Crippen molar-refractivity contribution < 1.29 is 0 Å². The summed E-state index contributed by atoms with van der Waals surface area (Å²) in [5.41, 5.74) is 16.2. The van der Waals surface area contributed by atoms with Crippen molar-refractivity contribution in [2.45, 2.75) is 27.7 Å². The molecule has 0 saturated heterocycles. The van der Waals surface area contributed by atoms with Gasteiger partial charge in [0.2, 0.25) is 0 Å². The van der Waals surface area contributed by atoms with Crippen LogP contribution in [0.4, 0.5) is 0 Å². The predicted octanol–water partition coefficient (Wildman–Crippen LogP) is 13.3. The number of aryl methyl sites for hydroxylation is 4. The largest absolute Gasteiger partial charge is 0.309 e. The maximum atomic E-state index is 2.47. The first-order valence-electron chi connectivity index (χ1n) is 17.2. The van der Waals surface area contributed by atoms with Crippen LogP contribution in [0.15, 0.2) is 152 Å². The van der Waals surface area contributed by atoms with Crippen molar-refractivity contribution in [3.8, 4) is 39.1 Å². The SMILES string of the molecule is Cc1cc(C)cc(-c2ccc3c(c2)c2cc(-c4cc(C)cc(C)c4)ccc2n3-c2ccccc2-c2ccc3cc4ccccc4cc3c2)c1. The second kappa shape index (κ2) is 11.4. The summed E-state index contributed by atoms with van der Waals surface area (Å²) in [4.78, 5) is 0. The molecule has 9 rings (SSSR count). The van der Waals surface area contributed by atoms with E-state index in [9.17, 15) is 0 Å². The number of fused-ring (bicyclic) bond motifs is 5. The Kier molecular flexibility index (Phi) is 6.78. The van der Waals surface area contributed by atoms with Gasteiger partial charge in [0.25, 0.3) is 0 Å². The van der Waals surface area contributed by atoms with Gasteiger partial charge in [-0.05, 0) is 126 Å². The summed E-state index contributed by atoms with van der Waals surface area (Å²) in [6.45, 7) is 8.73. The highest BCUT2D eigenvalue weighted by Crippen LogP contribution is 2.40. The lowest BCUT2D eigenvalue weighted by Crippen LogP contribution is -1.97. The standard InChI is InChI=1S/C48H37N/c1-30-19-31(2)22-40(21-30)37-15-17-47-44(28-37)45-29-38(41-23-32(3)20-33(4)24-41)16-18-48(45)49(47)46-12-8-7-11-43(46)39-14-13-36-25-34-9-5-6-10-35(34)26-42(36)27-39/h5-29H,1-4H3. The first-order valence-corrected chi connectivity index (χ1v) is 17.2. The lowest BCUT2D eigenvalue weighted by molar-refractivity contribution is 1.18. The Morgan fingerprint density at radius 1 is 0.327 bits per heavy atom. The van der Waals surface area contributed by atoms with Gasteiger partial charge in [-0.15, -0.1) is 0 Å². The molecule has 1 heterocycles. The molecule has 0 spiro atoms. The Bertz CT molecular complexity index is 2610. The zero-order chi connectivity index (χ0) is 33.2. The average Bonchev–Trinajstić information content (AvgIpc) is 3.42. The Labute approximate surface area is 287 Å². The van der Waals surface area contributed by atoms with Gasteiger partial charge in [0, 0.05) is 16.3 Å². The summed E-state index contributed by atoms with van der Waals surface area (Å²) >= 11 is 0. The topological polar surface area (TPSA) is 4.93 Å². The molecule has 49 heavy (non-hydrogen) atoms. The van der Waals surface area contributed by atoms with Crippen molar-refractivity contribution in [3.63, 3.8) is 0 Å². The van der Waals surface area contributed by atoms with Crippen LogP contribution < -0.4 is 0 Å². The maximum absolute atomic E-state index is 2.47. The molecule has 234 valence electrons.